The fourth-order valence-electron chi connectivity index (χ4n) is 4.64. The molecule has 2 aromatic carbocycles. The standard InChI is InChI=1S/C23H22ClF3N2O3/c1-12-2-3-13(21(31)28-14-4-7-20(25)19(24)9-14)8-18(12)23(26,27)22(32)29-15-5-6-16(29)11-17(30)10-15/h2-4,7-9,15-17,30H,5-6,10-11H2,1H3,(H,28,31)/t15-,16+,17+. The number of piperidine rings is 1. The van der Waals surface area contributed by atoms with E-state index in [0.717, 1.165) is 12.1 Å². The normalized spacial score (nSPS) is 22.7. The van der Waals surface area contributed by atoms with Gasteiger partial charge in [0.25, 0.3) is 11.8 Å². The zero-order valence-corrected chi connectivity index (χ0v) is 18.0. The Kier molecular flexibility index (Phi) is 5.94. The highest BCUT2D eigenvalue weighted by molar-refractivity contribution is 6.31. The molecule has 0 aliphatic carbocycles. The van der Waals surface area contributed by atoms with Crippen LogP contribution in [0.2, 0.25) is 5.02 Å². The van der Waals surface area contributed by atoms with Crippen LogP contribution in [0.1, 0.15) is 47.2 Å². The number of aliphatic hydroxyl groups excluding tert-OH is 1. The number of halogens is 4. The van der Waals surface area contributed by atoms with Crippen molar-refractivity contribution in [3.8, 4) is 0 Å². The predicted molar refractivity (Wildman–Crippen MR) is 113 cm³/mol. The lowest BCUT2D eigenvalue weighted by atomic mass is 9.95. The summed E-state index contributed by atoms with van der Waals surface area (Å²) in [4.78, 5) is 26.8. The van der Waals surface area contributed by atoms with Crippen molar-refractivity contribution in [3.63, 3.8) is 0 Å². The first-order valence-electron chi connectivity index (χ1n) is 10.3. The molecule has 170 valence electrons. The van der Waals surface area contributed by atoms with Crippen LogP contribution in [0.15, 0.2) is 36.4 Å². The van der Waals surface area contributed by atoms with E-state index in [4.69, 9.17) is 11.6 Å². The third kappa shape index (κ3) is 4.09. The van der Waals surface area contributed by atoms with E-state index in [1.54, 1.807) is 0 Å². The van der Waals surface area contributed by atoms with Crippen LogP contribution >= 0.6 is 11.6 Å². The number of nitrogens with one attached hydrogen (secondary N) is 1. The summed E-state index contributed by atoms with van der Waals surface area (Å²) in [6.07, 6.45) is 1.18. The third-order valence-electron chi connectivity index (χ3n) is 6.23. The summed E-state index contributed by atoms with van der Waals surface area (Å²) in [5, 5.41) is 12.2. The predicted octanol–water partition coefficient (Wildman–Crippen LogP) is 4.65. The summed E-state index contributed by atoms with van der Waals surface area (Å²) >= 11 is 5.71. The summed E-state index contributed by atoms with van der Waals surface area (Å²) in [5.74, 6) is -6.48. The molecule has 0 unspecified atom stereocenters. The Labute approximate surface area is 188 Å². The molecule has 2 N–H and O–H groups in total. The molecule has 5 nitrogen and oxygen atoms in total. The smallest absolute Gasteiger partial charge is 0.350 e. The van der Waals surface area contributed by atoms with E-state index in [-0.39, 0.29) is 21.8 Å². The largest absolute Gasteiger partial charge is 0.393 e. The number of aliphatic hydroxyl groups is 1. The maximum Gasteiger partial charge on any atom is 0.350 e. The summed E-state index contributed by atoms with van der Waals surface area (Å²) < 4.78 is 44.1. The van der Waals surface area contributed by atoms with Crippen molar-refractivity contribution in [2.45, 2.75) is 56.7 Å². The van der Waals surface area contributed by atoms with Gasteiger partial charge in [-0.25, -0.2) is 4.39 Å². The van der Waals surface area contributed by atoms with E-state index in [9.17, 15) is 19.1 Å². The number of aryl methyl sites for hydroxylation is 1. The molecule has 2 bridgehead atoms. The molecule has 0 aromatic heterocycles. The first kappa shape index (κ1) is 22.6. The molecule has 32 heavy (non-hydrogen) atoms. The van der Waals surface area contributed by atoms with Crippen molar-refractivity contribution in [1.82, 2.24) is 4.90 Å². The third-order valence-corrected chi connectivity index (χ3v) is 6.52. The maximum atomic E-state index is 15.4. The number of hydrogen-bond donors (Lipinski definition) is 2. The van der Waals surface area contributed by atoms with Crippen LogP contribution in [0.25, 0.3) is 0 Å². The zero-order valence-electron chi connectivity index (χ0n) is 17.2. The van der Waals surface area contributed by atoms with E-state index >= 15 is 8.78 Å². The first-order chi connectivity index (χ1) is 15.1. The average molecular weight is 467 g/mol. The Hall–Kier alpha value is -2.58. The fraction of sp³-hybridized carbons (Fsp3) is 0.391. The number of benzene rings is 2. The van der Waals surface area contributed by atoms with E-state index in [1.165, 1.54) is 36.1 Å². The van der Waals surface area contributed by atoms with Gasteiger partial charge in [0.1, 0.15) is 5.82 Å². The van der Waals surface area contributed by atoms with Gasteiger partial charge in [-0.15, -0.1) is 0 Å². The molecule has 2 saturated heterocycles. The minimum atomic E-state index is -3.83. The maximum absolute atomic E-state index is 15.4. The summed E-state index contributed by atoms with van der Waals surface area (Å²) in [6, 6.07) is 6.52. The Morgan fingerprint density at radius 3 is 2.41 bits per heavy atom. The molecule has 2 aromatic rings. The first-order valence-corrected chi connectivity index (χ1v) is 10.7. The Bertz CT molecular complexity index is 1060. The van der Waals surface area contributed by atoms with Gasteiger partial charge in [0.15, 0.2) is 0 Å². The number of carbonyl (C=O) groups excluding carboxylic acids is 2. The van der Waals surface area contributed by atoms with Gasteiger partial charge in [-0.2, -0.15) is 8.78 Å². The minimum Gasteiger partial charge on any atom is -0.393 e. The van der Waals surface area contributed by atoms with Crippen LogP contribution in [-0.2, 0) is 10.7 Å². The van der Waals surface area contributed by atoms with E-state index in [1.807, 2.05) is 0 Å². The number of carbonyl (C=O) groups is 2. The second-order valence-electron chi connectivity index (χ2n) is 8.41. The number of anilines is 1. The molecule has 2 heterocycles. The molecule has 0 spiro atoms. The molecular formula is C23H22ClF3N2O3. The van der Waals surface area contributed by atoms with Crippen molar-refractivity contribution in [2.75, 3.05) is 5.32 Å². The number of hydrogen-bond acceptors (Lipinski definition) is 3. The van der Waals surface area contributed by atoms with E-state index in [0.29, 0.717) is 25.7 Å². The molecular weight excluding hydrogens is 445 g/mol. The van der Waals surface area contributed by atoms with E-state index in [2.05, 4.69) is 5.32 Å². The molecule has 3 atom stereocenters. The molecule has 2 amide bonds. The summed E-state index contributed by atoms with van der Waals surface area (Å²) in [5.41, 5.74) is -0.239. The van der Waals surface area contributed by atoms with Crippen molar-refractivity contribution in [3.05, 3.63) is 63.9 Å². The van der Waals surface area contributed by atoms with E-state index < -0.39 is 47.3 Å². The zero-order chi connectivity index (χ0) is 23.2. The highest BCUT2D eigenvalue weighted by Crippen LogP contribution is 2.41. The number of amides is 2. The second kappa shape index (κ2) is 8.41. The molecule has 2 aliphatic heterocycles. The number of alkyl halides is 2. The molecule has 0 saturated carbocycles. The van der Waals surface area contributed by atoms with Crippen LogP contribution in [-0.4, -0.2) is 40.0 Å². The Balaban J connectivity index is 1.59. The van der Waals surface area contributed by atoms with Crippen molar-refractivity contribution < 1.29 is 27.9 Å². The van der Waals surface area contributed by atoms with Crippen LogP contribution in [0, 0.1) is 12.7 Å². The van der Waals surface area contributed by atoms with Crippen molar-refractivity contribution >= 4 is 29.1 Å². The number of fused-ring (bicyclic) bond motifs is 2. The average Bonchev–Trinajstić information content (AvgIpc) is 3.00. The fourth-order valence-corrected chi connectivity index (χ4v) is 4.82. The quantitative estimate of drug-likeness (QED) is 0.689. The Morgan fingerprint density at radius 2 is 1.78 bits per heavy atom. The SMILES string of the molecule is Cc1ccc(C(=O)Nc2ccc(F)c(Cl)c2)cc1C(F)(F)C(=O)N1[C@@H]2CC[C@H]1C[C@@H](O)C2. The molecule has 2 aliphatic rings. The lowest BCUT2D eigenvalue weighted by molar-refractivity contribution is -0.165. The molecule has 9 heteroatoms. The lowest BCUT2D eigenvalue weighted by Crippen LogP contribution is -2.53. The van der Waals surface area contributed by atoms with Gasteiger partial charge in [0.2, 0.25) is 0 Å². The second-order valence-corrected chi connectivity index (χ2v) is 8.82. The van der Waals surface area contributed by atoms with Crippen molar-refractivity contribution in [1.29, 1.82) is 0 Å². The van der Waals surface area contributed by atoms with Gasteiger partial charge >= 0.3 is 5.92 Å². The van der Waals surface area contributed by atoms with Gasteiger partial charge in [-0.3, -0.25) is 9.59 Å². The van der Waals surface area contributed by atoms with Crippen LogP contribution in [0.5, 0.6) is 0 Å². The van der Waals surface area contributed by atoms with Gasteiger partial charge in [-0.05, 0) is 68.5 Å². The number of rotatable bonds is 4. The lowest BCUT2D eigenvalue weighted by Gasteiger charge is -2.39. The van der Waals surface area contributed by atoms with Gasteiger partial charge in [0, 0.05) is 28.9 Å². The van der Waals surface area contributed by atoms with Gasteiger partial charge < -0.3 is 15.3 Å². The van der Waals surface area contributed by atoms with Crippen LogP contribution in [0.3, 0.4) is 0 Å². The summed E-state index contributed by atoms with van der Waals surface area (Å²) in [7, 11) is 0. The van der Waals surface area contributed by atoms with Crippen molar-refractivity contribution in [2.24, 2.45) is 0 Å². The topological polar surface area (TPSA) is 69.6 Å². The highest BCUT2D eigenvalue weighted by atomic mass is 35.5. The monoisotopic (exact) mass is 466 g/mol. The molecule has 2 fully saturated rings. The van der Waals surface area contributed by atoms with Crippen LogP contribution in [0.4, 0.5) is 18.9 Å². The molecule has 0 radical (unpaired) electrons. The molecule has 4 rings (SSSR count). The minimum absolute atomic E-state index is 0.0736. The van der Waals surface area contributed by atoms with Gasteiger partial charge in [0.05, 0.1) is 11.1 Å². The van der Waals surface area contributed by atoms with Gasteiger partial charge in [-0.1, -0.05) is 17.7 Å². The summed E-state index contributed by atoms with van der Waals surface area (Å²) in [6.45, 7) is 1.45. The Morgan fingerprint density at radius 1 is 1.12 bits per heavy atom. The highest BCUT2D eigenvalue weighted by Gasteiger charge is 2.52. The number of nitrogens with zero attached hydrogens (tertiary/aromatic N) is 1. The van der Waals surface area contributed by atoms with Crippen LogP contribution < -0.4 is 5.32 Å².